The summed E-state index contributed by atoms with van der Waals surface area (Å²) in [4.78, 5) is 0. The van der Waals surface area contributed by atoms with Gasteiger partial charge in [0.25, 0.3) is 0 Å². The SMILES string of the molecule is N#Cc1c(Cl)c(Cl)c(OCCO)c(C#N)c1Cl. The number of nitrogens with zero attached hydrogens (tertiary/aromatic N) is 2. The number of aliphatic hydroxyl groups is 1. The Balaban J connectivity index is 3.51. The van der Waals surface area contributed by atoms with Crippen LogP contribution in [0.1, 0.15) is 11.1 Å². The van der Waals surface area contributed by atoms with Gasteiger partial charge in [-0.3, -0.25) is 0 Å². The fourth-order valence-corrected chi connectivity index (χ4v) is 1.90. The van der Waals surface area contributed by atoms with Crippen molar-refractivity contribution in [3.63, 3.8) is 0 Å². The van der Waals surface area contributed by atoms with E-state index in [9.17, 15) is 0 Å². The lowest BCUT2D eigenvalue weighted by Gasteiger charge is -2.12. The van der Waals surface area contributed by atoms with E-state index < -0.39 is 0 Å². The zero-order valence-corrected chi connectivity index (χ0v) is 10.6. The molecule has 1 aromatic carbocycles. The molecular weight excluding hydrogens is 286 g/mol. The van der Waals surface area contributed by atoms with Gasteiger partial charge in [0.15, 0.2) is 5.75 Å². The smallest absolute Gasteiger partial charge is 0.158 e. The van der Waals surface area contributed by atoms with Crippen molar-refractivity contribution < 1.29 is 9.84 Å². The Kier molecular flexibility index (Phi) is 4.86. The Morgan fingerprint density at radius 1 is 1.00 bits per heavy atom. The van der Waals surface area contributed by atoms with E-state index in [-0.39, 0.29) is 45.2 Å². The molecule has 0 aliphatic carbocycles. The predicted octanol–water partition coefficient (Wildman–Crippen LogP) is 2.76. The highest BCUT2D eigenvalue weighted by molar-refractivity contribution is 6.45. The molecule has 0 fully saturated rings. The topological polar surface area (TPSA) is 77.0 Å². The molecular formula is C10H5Cl3N2O2. The van der Waals surface area contributed by atoms with E-state index in [1.807, 2.05) is 0 Å². The van der Waals surface area contributed by atoms with Crippen LogP contribution in [0.3, 0.4) is 0 Å². The molecule has 1 rings (SSSR count). The maximum Gasteiger partial charge on any atom is 0.158 e. The van der Waals surface area contributed by atoms with E-state index in [2.05, 4.69) is 0 Å². The molecule has 0 heterocycles. The minimum Gasteiger partial charge on any atom is -0.488 e. The highest BCUT2D eigenvalue weighted by atomic mass is 35.5. The zero-order chi connectivity index (χ0) is 13.0. The van der Waals surface area contributed by atoms with Crippen molar-refractivity contribution in [1.82, 2.24) is 0 Å². The molecule has 0 atom stereocenters. The van der Waals surface area contributed by atoms with Crippen LogP contribution in [0.15, 0.2) is 0 Å². The quantitative estimate of drug-likeness (QED) is 0.869. The van der Waals surface area contributed by atoms with Crippen LogP contribution in [-0.4, -0.2) is 18.3 Å². The van der Waals surface area contributed by atoms with Gasteiger partial charge in [0.2, 0.25) is 0 Å². The summed E-state index contributed by atoms with van der Waals surface area (Å²) >= 11 is 17.5. The van der Waals surface area contributed by atoms with Gasteiger partial charge in [0.05, 0.1) is 22.2 Å². The molecule has 0 aromatic heterocycles. The van der Waals surface area contributed by atoms with Crippen LogP contribution in [-0.2, 0) is 0 Å². The van der Waals surface area contributed by atoms with Crippen LogP contribution in [0.2, 0.25) is 15.1 Å². The molecule has 0 aliphatic rings. The Hall–Kier alpha value is -1.17. The molecule has 0 saturated carbocycles. The second kappa shape index (κ2) is 5.95. The average molecular weight is 292 g/mol. The highest BCUT2D eigenvalue weighted by Gasteiger charge is 2.22. The average Bonchev–Trinajstić information content (AvgIpc) is 2.32. The lowest BCUT2D eigenvalue weighted by atomic mass is 10.1. The Bertz CT molecular complexity index is 532. The van der Waals surface area contributed by atoms with Crippen LogP contribution in [0.4, 0.5) is 0 Å². The van der Waals surface area contributed by atoms with Crippen molar-refractivity contribution in [2.45, 2.75) is 0 Å². The number of rotatable bonds is 3. The zero-order valence-electron chi connectivity index (χ0n) is 8.30. The van der Waals surface area contributed by atoms with E-state index in [1.54, 1.807) is 12.1 Å². The van der Waals surface area contributed by atoms with E-state index in [0.29, 0.717) is 0 Å². The Labute approximate surface area is 112 Å². The number of nitriles is 2. The van der Waals surface area contributed by atoms with Crippen LogP contribution in [0.5, 0.6) is 5.75 Å². The van der Waals surface area contributed by atoms with E-state index in [1.165, 1.54) is 0 Å². The normalized spacial score (nSPS) is 9.53. The number of hydrogen-bond acceptors (Lipinski definition) is 4. The summed E-state index contributed by atoms with van der Waals surface area (Å²) in [7, 11) is 0. The van der Waals surface area contributed by atoms with Crippen molar-refractivity contribution in [2.24, 2.45) is 0 Å². The van der Waals surface area contributed by atoms with Crippen LogP contribution >= 0.6 is 34.8 Å². The Morgan fingerprint density at radius 3 is 2.06 bits per heavy atom. The van der Waals surface area contributed by atoms with Crippen molar-refractivity contribution >= 4 is 34.8 Å². The van der Waals surface area contributed by atoms with Crippen molar-refractivity contribution in [1.29, 1.82) is 10.5 Å². The minimum atomic E-state index is -0.254. The summed E-state index contributed by atoms with van der Waals surface area (Å²) in [6.45, 7) is -0.316. The summed E-state index contributed by atoms with van der Waals surface area (Å²) in [5.74, 6) is -0.0304. The molecule has 88 valence electrons. The van der Waals surface area contributed by atoms with E-state index >= 15 is 0 Å². The monoisotopic (exact) mass is 290 g/mol. The number of ether oxygens (including phenoxy) is 1. The molecule has 0 saturated heterocycles. The van der Waals surface area contributed by atoms with Crippen molar-refractivity contribution in [3.8, 4) is 17.9 Å². The fourth-order valence-electron chi connectivity index (χ4n) is 1.12. The summed E-state index contributed by atoms with van der Waals surface area (Å²) in [6, 6.07) is 3.54. The fraction of sp³-hybridized carbons (Fsp3) is 0.200. The van der Waals surface area contributed by atoms with Crippen LogP contribution in [0.25, 0.3) is 0 Å². The van der Waals surface area contributed by atoms with Crippen LogP contribution < -0.4 is 4.74 Å². The Morgan fingerprint density at radius 2 is 1.59 bits per heavy atom. The highest BCUT2D eigenvalue weighted by Crippen LogP contribution is 2.42. The number of halogens is 3. The lowest BCUT2D eigenvalue weighted by molar-refractivity contribution is 0.201. The maximum atomic E-state index is 8.95. The van der Waals surface area contributed by atoms with E-state index in [0.717, 1.165) is 0 Å². The summed E-state index contributed by atoms with van der Waals surface area (Å²) in [5, 5.41) is 26.2. The number of benzene rings is 1. The second-order valence-corrected chi connectivity index (χ2v) is 3.95. The third-order valence-corrected chi connectivity index (χ3v) is 3.05. The molecule has 1 aromatic rings. The van der Waals surface area contributed by atoms with E-state index in [4.69, 9.17) is 55.2 Å². The first-order chi connectivity index (χ1) is 8.08. The maximum absolute atomic E-state index is 8.95. The summed E-state index contributed by atoms with van der Waals surface area (Å²) in [5.41, 5.74) is -0.155. The van der Waals surface area contributed by atoms with Gasteiger partial charge in [-0.1, -0.05) is 34.8 Å². The number of aliphatic hydroxyl groups excluding tert-OH is 1. The molecule has 0 bridgehead atoms. The molecule has 0 radical (unpaired) electrons. The third kappa shape index (κ3) is 2.57. The van der Waals surface area contributed by atoms with Crippen LogP contribution in [0, 0.1) is 22.7 Å². The van der Waals surface area contributed by atoms with Gasteiger partial charge in [-0.2, -0.15) is 10.5 Å². The first-order valence-corrected chi connectivity index (χ1v) is 5.46. The summed E-state index contributed by atoms with van der Waals surface area (Å²) < 4.78 is 5.09. The van der Waals surface area contributed by atoms with Gasteiger partial charge < -0.3 is 9.84 Å². The lowest BCUT2D eigenvalue weighted by Crippen LogP contribution is -2.05. The first-order valence-electron chi connectivity index (χ1n) is 4.32. The molecule has 0 aliphatic heterocycles. The van der Waals surface area contributed by atoms with Crippen molar-refractivity contribution in [3.05, 3.63) is 26.2 Å². The molecule has 4 nitrogen and oxygen atoms in total. The predicted molar refractivity (Wildman–Crippen MR) is 63.5 cm³/mol. The molecule has 0 unspecified atom stereocenters. The van der Waals surface area contributed by atoms with Gasteiger partial charge in [-0.05, 0) is 0 Å². The second-order valence-electron chi connectivity index (χ2n) is 2.82. The van der Waals surface area contributed by atoms with Crippen molar-refractivity contribution in [2.75, 3.05) is 13.2 Å². The largest absolute Gasteiger partial charge is 0.488 e. The molecule has 0 spiro atoms. The summed E-state index contributed by atoms with van der Waals surface area (Å²) in [6.07, 6.45) is 0. The first kappa shape index (κ1) is 13.9. The van der Waals surface area contributed by atoms with Gasteiger partial charge in [0.1, 0.15) is 29.3 Å². The van der Waals surface area contributed by atoms with Gasteiger partial charge >= 0.3 is 0 Å². The molecule has 0 amide bonds. The van der Waals surface area contributed by atoms with Gasteiger partial charge in [-0.15, -0.1) is 0 Å². The number of hydrogen-bond donors (Lipinski definition) is 1. The standard InChI is InChI=1S/C10H5Cl3N2O2/c11-7-5(3-14)8(12)9(13)10(6(7)4-15)17-2-1-16/h16H,1-2H2. The third-order valence-electron chi connectivity index (χ3n) is 1.84. The van der Waals surface area contributed by atoms with Gasteiger partial charge in [-0.25, -0.2) is 0 Å². The van der Waals surface area contributed by atoms with Gasteiger partial charge in [0, 0.05) is 0 Å². The molecule has 7 heteroatoms. The molecule has 1 N–H and O–H groups in total. The minimum absolute atomic E-state index is 0.0304. The molecule has 17 heavy (non-hydrogen) atoms.